The third-order valence-electron chi connectivity index (χ3n) is 4.89. The normalized spacial score (nSPS) is 19.5. The van der Waals surface area contributed by atoms with Gasteiger partial charge in [-0.25, -0.2) is 0 Å². The summed E-state index contributed by atoms with van der Waals surface area (Å²) < 4.78 is 44.1. The van der Waals surface area contributed by atoms with Gasteiger partial charge in [-0.15, -0.1) is 0 Å². The van der Waals surface area contributed by atoms with Crippen LogP contribution in [-0.4, -0.2) is 30.7 Å². The fourth-order valence-electron chi connectivity index (χ4n) is 3.38. The molecule has 0 bridgehead atoms. The van der Waals surface area contributed by atoms with Crippen molar-refractivity contribution < 1.29 is 17.9 Å². The van der Waals surface area contributed by atoms with Gasteiger partial charge < -0.3 is 19.9 Å². The molecular weight excluding hydrogens is 391 g/mol. The molecule has 1 atom stereocenters. The van der Waals surface area contributed by atoms with Crippen LogP contribution in [0.15, 0.2) is 54.9 Å². The van der Waals surface area contributed by atoms with Crippen LogP contribution in [0.2, 0.25) is 5.02 Å². The number of hydrogen-bond acceptors (Lipinski definition) is 4. The first-order chi connectivity index (χ1) is 13.4. The van der Waals surface area contributed by atoms with Crippen molar-refractivity contribution in [1.29, 1.82) is 0 Å². The molecule has 1 saturated heterocycles. The van der Waals surface area contributed by atoms with Gasteiger partial charge in [-0.3, -0.25) is 0 Å². The zero-order valence-electron chi connectivity index (χ0n) is 14.9. The fourth-order valence-corrected chi connectivity index (χ4v) is 3.59. The average molecular weight is 410 g/mol. The number of alkyl halides is 3. The molecule has 2 aromatic carbocycles. The number of anilines is 1. The van der Waals surface area contributed by atoms with Gasteiger partial charge in [-0.05, 0) is 49.4 Å². The van der Waals surface area contributed by atoms with Gasteiger partial charge in [0.15, 0.2) is 0 Å². The van der Waals surface area contributed by atoms with Crippen LogP contribution in [-0.2, 0) is 6.18 Å². The summed E-state index contributed by atoms with van der Waals surface area (Å²) in [6.07, 6.45) is 0.758. The van der Waals surface area contributed by atoms with Crippen LogP contribution in [0.3, 0.4) is 0 Å². The molecule has 1 N–H and O–H groups in total. The summed E-state index contributed by atoms with van der Waals surface area (Å²) in [6.45, 7) is 2.74. The Kier molecular flexibility index (Phi) is 5.12. The van der Waals surface area contributed by atoms with E-state index in [2.05, 4.69) is 21.3 Å². The summed E-state index contributed by atoms with van der Waals surface area (Å²) in [7, 11) is 0. The Hall–Kier alpha value is -2.38. The number of halogens is 4. The lowest BCUT2D eigenvalue weighted by atomic mass is 10.2. The van der Waals surface area contributed by atoms with Gasteiger partial charge in [-0.2, -0.15) is 13.2 Å². The summed E-state index contributed by atoms with van der Waals surface area (Å²) in [5.74, 6) is 0.398. The molecule has 4 nitrogen and oxygen atoms in total. The van der Waals surface area contributed by atoms with Gasteiger partial charge in [-0.1, -0.05) is 17.7 Å². The standard InChI is InChI=1S/C20H19ClF3N3O/c21-18-11-15(26-8-9-27(13-26)16-6-7-25-12-16)4-5-19(18)28-17-3-1-2-14(10-17)20(22,23)24/h1-5,8-11,16,25H,6-7,12-13H2. The first-order valence-corrected chi connectivity index (χ1v) is 9.34. The minimum Gasteiger partial charge on any atom is -0.456 e. The van der Waals surface area contributed by atoms with Gasteiger partial charge in [0.2, 0.25) is 0 Å². The van der Waals surface area contributed by atoms with Gasteiger partial charge in [0.1, 0.15) is 11.5 Å². The topological polar surface area (TPSA) is 27.7 Å². The van der Waals surface area contributed by atoms with Crippen LogP contribution in [0.1, 0.15) is 12.0 Å². The van der Waals surface area contributed by atoms with Crippen LogP contribution < -0.4 is 15.0 Å². The highest BCUT2D eigenvalue weighted by Gasteiger charge is 2.30. The Morgan fingerprint density at radius 3 is 2.68 bits per heavy atom. The van der Waals surface area contributed by atoms with Crippen molar-refractivity contribution in [2.75, 3.05) is 24.7 Å². The summed E-state index contributed by atoms with van der Waals surface area (Å²) in [5, 5.41) is 3.69. The minimum absolute atomic E-state index is 0.0884. The van der Waals surface area contributed by atoms with Gasteiger partial charge in [0, 0.05) is 30.7 Å². The van der Waals surface area contributed by atoms with E-state index in [9.17, 15) is 13.2 Å². The van der Waals surface area contributed by atoms with Crippen molar-refractivity contribution in [3.05, 3.63) is 65.5 Å². The van der Waals surface area contributed by atoms with E-state index in [1.165, 1.54) is 12.1 Å². The van der Waals surface area contributed by atoms with E-state index in [0.29, 0.717) is 16.8 Å². The molecule has 2 aliphatic heterocycles. The van der Waals surface area contributed by atoms with Gasteiger partial charge in [0.05, 0.1) is 17.3 Å². The van der Waals surface area contributed by atoms with Crippen molar-refractivity contribution in [2.45, 2.75) is 18.6 Å². The number of nitrogens with zero attached hydrogens (tertiary/aromatic N) is 2. The second-order valence-corrected chi connectivity index (χ2v) is 7.22. The minimum atomic E-state index is -4.42. The molecule has 0 aliphatic carbocycles. The number of ether oxygens (including phenoxy) is 1. The predicted molar refractivity (Wildman–Crippen MR) is 103 cm³/mol. The van der Waals surface area contributed by atoms with Crippen molar-refractivity contribution in [2.24, 2.45) is 0 Å². The molecule has 0 amide bonds. The molecule has 148 valence electrons. The number of benzene rings is 2. The lowest BCUT2D eigenvalue weighted by molar-refractivity contribution is -0.137. The lowest BCUT2D eigenvalue weighted by Gasteiger charge is -2.26. The second-order valence-electron chi connectivity index (χ2n) is 6.81. The highest BCUT2D eigenvalue weighted by atomic mass is 35.5. The first-order valence-electron chi connectivity index (χ1n) is 8.96. The number of rotatable bonds is 4. The summed E-state index contributed by atoms with van der Waals surface area (Å²) >= 11 is 6.33. The molecule has 2 aliphatic rings. The van der Waals surface area contributed by atoms with Crippen molar-refractivity contribution >= 4 is 17.3 Å². The van der Waals surface area contributed by atoms with Gasteiger partial charge >= 0.3 is 6.18 Å². The maximum atomic E-state index is 12.9. The second kappa shape index (κ2) is 7.56. The maximum Gasteiger partial charge on any atom is 0.416 e. The Morgan fingerprint density at radius 2 is 1.96 bits per heavy atom. The molecular formula is C20H19ClF3N3O. The van der Waals surface area contributed by atoms with E-state index in [1.807, 2.05) is 12.3 Å². The van der Waals surface area contributed by atoms with E-state index in [1.54, 1.807) is 12.1 Å². The van der Waals surface area contributed by atoms with E-state index in [4.69, 9.17) is 16.3 Å². The molecule has 8 heteroatoms. The largest absolute Gasteiger partial charge is 0.456 e. The molecule has 0 aromatic heterocycles. The molecule has 1 fully saturated rings. The number of nitrogens with one attached hydrogen (secondary N) is 1. The molecule has 4 rings (SSSR count). The molecule has 28 heavy (non-hydrogen) atoms. The van der Waals surface area contributed by atoms with Crippen LogP contribution >= 0.6 is 11.6 Å². The molecule has 0 radical (unpaired) electrons. The molecule has 2 heterocycles. The maximum absolute atomic E-state index is 12.9. The zero-order chi connectivity index (χ0) is 19.7. The number of hydrogen-bond donors (Lipinski definition) is 1. The summed E-state index contributed by atoms with van der Waals surface area (Å²) in [5.41, 5.74) is 0.132. The molecule has 0 saturated carbocycles. The van der Waals surface area contributed by atoms with Crippen molar-refractivity contribution in [3.8, 4) is 11.5 Å². The highest BCUT2D eigenvalue weighted by Crippen LogP contribution is 2.36. The third-order valence-corrected chi connectivity index (χ3v) is 5.19. The van der Waals surface area contributed by atoms with E-state index < -0.39 is 11.7 Å². The van der Waals surface area contributed by atoms with Gasteiger partial charge in [0.25, 0.3) is 0 Å². The predicted octanol–water partition coefficient (Wildman–Crippen LogP) is 5.06. The Labute approximate surface area is 166 Å². The van der Waals surface area contributed by atoms with Crippen molar-refractivity contribution in [1.82, 2.24) is 10.2 Å². The Morgan fingerprint density at radius 1 is 1.11 bits per heavy atom. The van der Waals surface area contributed by atoms with E-state index >= 15 is 0 Å². The quantitative estimate of drug-likeness (QED) is 0.763. The van der Waals surface area contributed by atoms with Crippen LogP contribution in [0.25, 0.3) is 0 Å². The van der Waals surface area contributed by atoms with Crippen LogP contribution in [0.4, 0.5) is 18.9 Å². The lowest BCUT2D eigenvalue weighted by Crippen LogP contribution is -2.35. The third kappa shape index (κ3) is 4.05. The van der Waals surface area contributed by atoms with Crippen LogP contribution in [0.5, 0.6) is 11.5 Å². The summed E-state index contributed by atoms with van der Waals surface area (Å²) in [6, 6.07) is 10.5. The Balaban J connectivity index is 1.46. The zero-order valence-corrected chi connectivity index (χ0v) is 15.7. The first kappa shape index (κ1) is 19.0. The van der Waals surface area contributed by atoms with Crippen LogP contribution in [0, 0.1) is 0 Å². The fraction of sp³-hybridized carbons (Fsp3) is 0.300. The summed E-state index contributed by atoms with van der Waals surface area (Å²) in [4.78, 5) is 4.35. The smallest absolute Gasteiger partial charge is 0.416 e. The highest BCUT2D eigenvalue weighted by molar-refractivity contribution is 6.32. The monoisotopic (exact) mass is 409 g/mol. The molecule has 2 aromatic rings. The van der Waals surface area contributed by atoms with Crippen molar-refractivity contribution in [3.63, 3.8) is 0 Å². The average Bonchev–Trinajstić information content (AvgIpc) is 3.34. The molecule has 0 spiro atoms. The molecule has 1 unspecified atom stereocenters. The SMILES string of the molecule is FC(F)(F)c1cccc(Oc2ccc(N3C=CN(C4CCNC4)C3)cc2Cl)c1. The van der Waals surface area contributed by atoms with E-state index in [0.717, 1.165) is 44.0 Å². The Bertz CT molecular complexity index is 881. The van der Waals surface area contributed by atoms with E-state index in [-0.39, 0.29) is 5.75 Å².